The second-order valence-electron chi connectivity index (χ2n) is 4.86. The number of hydrogen-bond acceptors (Lipinski definition) is 2. The highest BCUT2D eigenvalue weighted by Gasteiger charge is 2.30. The Bertz CT molecular complexity index is 486. The van der Waals surface area contributed by atoms with Gasteiger partial charge in [-0.2, -0.15) is 5.10 Å². The number of rotatable bonds is 5. The fraction of sp³-hybridized carbons (Fsp3) is 0.400. The molecule has 0 saturated carbocycles. The van der Waals surface area contributed by atoms with Gasteiger partial charge in [-0.3, -0.25) is 4.68 Å². The van der Waals surface area contributed by atoms with Gasteiger partial charge in [0.25, 0.3) is 0 Å². The van der Waals surface area contributed by atoms with E-state index in [1.807, 2.05) is 37.6 Å². The Labute approximate surface area is 108 Å². The van der Waals surface area contributed by atoms with E-state index in [-0.39, 0.29) is 12.0 Å². The van der Waals surface area contributed by atoms with Gasteiger partial charge in [0.1, 0.15) is 0 Å². The van der Waals surface area contributed by atoms with E-state index in [1.54, 1.807) is 4.68 Å². The van der Waals surface area contributed by atoms with Crippen LogP contribution >= 0.6 is 0 Å². The molecule has 0 aliphatic heterocycles. The predicted molar refractivity (Wildman–Crippen MR) is 72.4 cm³/mol. The van der Waals surface area contributed by atoms with Crippen molar-refractivity contribution in [1.29, 1.82) is 0 Å². The van der Waals surface area contributed by atoms with Crippen LogP contribution < -0.4 is 0 Å². The summed E-state index contributed by atoms with van der Waals surface area (Å²) in [6.07, 6.45) is 5.62. The van der Waals surface area contributed by atoms with Gasteiger partial charge in [-0.1, -0.05) is 37.3 Å². The lowest BCUT2D eigenvalue weighted by Gasteiger charge is -2.31. The van der Waals surface area contributed by atoms with Gasteiger partial charge >= 0.3 is 0 Å². The molecule has 1 aromatic carbocycles. The van der Waals surface area contributed by atoms with E-state index in [1.165, 1.54) is 5.56 Å². The third-order valence-corrected chi connectivity index (χ3v) is 3.67. The number of benzene rings is 1. The Morgan fingerprint density at radius 2 is 2.00 bits per heavy atom. The molecule has 0 radical (unpaired) electrons. The van der Waals surface area contributed by atoms with E-state index < -0.39 is 0 Å². The second kappa shape index (κ2) is 5.36. The predicted octanol–water partition coefficient (Wildman–Crippen LogP) is 2.30. The zero-order chi connectivity index (χ0) is 13.0. The van der Waals surface area contributed by atoms with Crippen LogP contribution in [0, 0.1) is 0 Å². The Hall–Kier alpha value is -1.61. The molecule has 2 aromatic rings. The average molecular weight is 244 g/mol. The molecule has 0 bridgehead atoms. The van der Waals surface area contributed by atoms with Gasteiger partial charge in [0.05, 0.1) is 12.8 Å². The van der Waals surface area contributed by atoms with Crippen LogP contribution in [0.2, 0.25) is 0 Å². The first-order valence-electron chi connectivity index (χ1n) is 6.34. The van der Waals surface area contributed by atoms with E-state index in [4.69, 9.17) is 0 Å². The minimum atomic E-state index is -0.204. The lowest BCUT2D eigenvalue weighted by molar-refractivity contribution is 0.186. The molecular weight excluding hydrogens is 224 g/mol. The molecule has 0 amide bonds. The Morgan fingerprint density at radius 1 is 1.28 bits per heavy atom. The smallest absolute Gasteiger partial charge is 0.0531 e. The number of nitrogens with zero attached hydrogens (tertiary/aromatic N) is 2. The summed E-state index contributed by atoms with van der Waals surface area (Å²) in [5.74, 6) is 0. The maximum atomic E-state index is 9.87. The highest BCUT2D eigenvalue weighted by molar-refractivity contribution is 5.28. The van der Waals surface area contributed by atoms with Crippen LogP contribution in [0.15, 0.2) is 42.7 Å². The summed E-state index contributed by atoms with van der Waals surface area (Å²) in [7, 11) is 1.92. The van der Waals surface area contributed by atoms with Crippen LogP contribution in [0.1, 0.15) is 24.5 Å². The molecule has 1 aromatic heterocycles. The van der Waals surface area contributed by atoms with Gasteiger partial charge in [0.2, 0.25) is 0 Å². The molecule has 0 spiro atoms. The van der Waals surface area contributed by atoms with Crippen molar-refractivity contribution in [3.63, 3.8) is 0 Å². The highest BCUT2D eigenvalue weighted by Crippen LogP contribution is 2.31. The molecule has 1 atom stereocenters. The first-order valence-corrected chi connectivity index (χ1v) is 6.34. The van der Waals surface area contributed by atoms with Crippen molar-refractivity contribution in [1.82, 2.24) is 9.78 Å². The Balaban J connectivity index is 2.32. The minimum absolute atomic E-state index is 0.155. The SMILES string of the molecule is CCC(CO)(Cc1cnn(C)c1)c1ccccc1. The molecule has 1 N–H and O–H groups in total. The largest absolute Gasteiger partial charge is 0.395 e. The van der Waals surface area contributed by atoms with Crippen molar-refractivity contribution in [2.45, 2.75) is 25.2 Å². The van der Waals surface area contributed by atoms with E-state index in [9.17, 15) is 5.11 Å². The molecule has 0 aliphatic carbocycles. The van der Waals surface area contributed by atoms with Crippen molar-refractivity contribution >= 4 is 0 Å². The number of hydrogen-bond donors (Lipinski definition) is 1. The van der Waals surface area contributed by atoms with Crippen molar-refractivity contribution < 1.29 is 5.11 Å². The standard InChI is InChI=1S/C15H20N2O/c1-3-15(12-18,14-7-5-4-6-8-14)9-13-10-16-17(2)11-13/h4-8,10-11,18H,3,9,12H2,1-2H3. The number of aromatic nitrogens is 2. The summed E-state index contributed by atoms with van der Waals surface area (Å²) in [6, 6.07) is 10.2. The van der Waals surface area contributed by atoms with E-state index in [0.717, 1.165) is 18.4 Å². The third kappa shape index (κ3) is 2.46. The number of aliphatic hydroxyl groups excluding tert-OH is 1. The van der Waals surface area contributed by atoms with Crippen LogP contribution in [-0.2, 0) is 18.9 Å². The van der Waals surface area contributed by atoms with Gasteiger partial charge < -0.3 is 5.11 Å². The Morgan fingerprint density at radius 3 is 2.50 bits per heavy atom. The molecule has 1 heterocycles. The number of aryl methyl sites for hydroxylation is 1. The topological polar surface area (TPSA) is 38.1 Å². The maximum absolute atomic E-state index is 9.87. The molecule has 3 heteroatoms. The molecule has 0 fully saturated rings. The van der Waals surface area contributed by atoms with Crippen molar-refractivity contribution in [2.75, 3.05) is 6.61 Å². The zero-order valence-corrected chi connectivity index (χ0v) is 11.0. The van der Waals surface area contributed by atoms with Crippen LogP contribution in [0.4, 0.5) is 0 Å². The molecule has 18 heavy (non-hydrogen) atoms. The highest BCUT2D eigenvalue weighted by atomic mass is 16.3. The molecule has 96 valence electrons. The third-order valence-electron chi connectivity index (χ3n) is 3.67. The molecule has 0 aliphatic rings. The minimum Gasteiger partial charge on any atom is -0.395 e. The van der Waals surface area contributed by atoms with E-state index >= 15 is 0 Å². The van der Waals surface area contributed by atoms with Crippen LogP contribution in [0.3, 0.4) is 0 Å². The average Bonchev–Trinajstić information content (AvgIpc) is 2.82. The van der Waals surface area contributed by atoms with Crippen molar-refractivity contribution in [2.24, 2.45) is 7.05 Å². The van der Waals surface area contributed by atoms with Gasteiger partial charge in [-0.05, 0) is 24.0 Å². The van der Waals surface area contributed by atoms with Crippen LogP contribution in [0.5, 0.6) is 0 Å². The monoisotopic (exact) mass is 244 g/mol. The fourth-order valence-corrected chi connectivity index (χ4v) is 2.44. The molecular formula is C15H20N2O. The van der Waals surface area contributed by atoms with Crippen LogP contribution in [-0.4, -0.2) is 21.5 Å². The van der Waals surface area contributed by atoms with Gasteiger partial charge in [0, 0.05) is 18.7 Å². The lowest BCUT2D eigenvalue weighted by Crippen LogP contribution is -2.32. The number of aliphatic hydroxyl groups is 1. The second-order valence-corrected chi connectivity index (χ2v) is 4.86. The zero-order valence-electron chi connectivity index (χ0n) is 11.0. The summed E-state index contributed by atoms with van der Waals surface area (Å²) in [5, 5.41) is 14.1. The maximum Gasteiger partial charge on any atom is 0.0531 e. The first kappa shape index (κ1) is 12.8. The summed E-state index contributed by atoms with van der Waals surface area (Å²) < 4.78 is 1.80. The first-order chi connectivity index (χ1) is 8.70. The van der Waals surface area contributed by atoms with Crippen LogP contribution in [0.25, 0.3) is 0 Å². The fourth-order valence-electron chi connectivity index (χ4n) is 2.44. The summed E-state index contributed by atoms with van der Waals surface area (Å²) in [5.41, 5.74) is 2.15. The Kier molecular flexibility index (Phi) is 3.82. The summed E-state index contributed by atoms with van der Waals surface area (Å²) >= 11 is 0. The van der Waals surface area contributed by atoms with Gasteiger partial charge in [-0.25, -0.2) is 0 Å². The molecule has 1 unspecified atom stereocenters. The molecule has 0 saturated heterocycles. The molecule has 2 rings (SSSR count). The van der Waals surface area contributed by atoms with Crippen molar-refractivity contribution in [3.8, 4) is 0 Å². The van der Waals surface area contributed by atoms with E-state index in [0.29, 0.717) is 0 Å². The van der Waals surface area contributed by atoms with Gasteiger partial charge in [0.15, 0.2) is 0 Å². The van der Waals surface area contributed by atoms with E-state index in [2.05, 4.69) is 24.2 Å². The lowest BCUT2D eigenvalue weighted by atomic mass is 9.74. The summed E-state index contributed by atoms with van der Waals surface area (Å²) in [4.78, 5) is 0. The molecule has 3 nitrogen and oxygen atoms in total. The summed E-state index contributed by atoms with van der Waals surface area (Å²) in [6.45, 7) is 2.28. The normalized spacial score (nSPS) is 14.4. The van der Waals surface area contributed by atoms with Crippen molar-refractivity contribution in [3.05, 3.63) is 53.9 Å². The quantitative estimate of drug-likeness (QED) is 0.876. The van der Waals surface area contributed by atoms with Gasteiger partial charge in [-0.15, -0.1) is 0 Å².